The number of benzene rings is 1. The van der Waals surface area contributed by atoms with Crippen LogP contribution < -0.4 is 5.32 Å². The maximum absolute atomic E-state index is 11.7. The van der Waals surface area contributed by atoms with E-state index in [1.807, 2.05) is 18.2 Å². The van der Waals surface area contributed by atoms with Crippen LogP contribution in [0.15, 0.2) is 47.8 Å². The van der Waals surface area contributed by atoms with E-state index in [1.54, 1.807) is 11.8 Å². The van der Waals surface area contributed by atoms with Crippen molar-refractivity contribution in [1.29, 1.82) is 0 Å². The predicted molar refractivity (Wildman–Crippen MR) is 72.7 cm³/mol. The number of hydrogen-bond acceptors (Lipinski definition) is 3. The molecule has 0 fully saturated rings. The lowest BCUT2D eigenvalue weighted by molar-refractivity contribution is 0.0949. The number of carbonyl (C=O) groups is 1. The highest BCUT2D eigenvalue weighted by Gasteiger charge is 2.09. The Labute approximate surface area is 110 Å². The van der Waals surface area contributed by atoms with E-state index in [0.29, 0.717) is 17.5 Å². The molecule has 1 amide bonds. The van der Waals surface area contributed by atoms with Gasteiger partial charge in [0, 0.05) is 16.7 Å². The van der Waals surface area contributed by atoms with Gasteiger partial charge in [0.2, 0.25) is 0 Å². The largest absolute Gasteiger partial charge is 0.350 e. The molecule has 2 rings (SSSR count). The number of amides is 1. The Hall–Kier alpha value is -1.75. The third-order valence-corrected chi connectivity index (χ3v) is 3.49. The molecule has 0 spiro atoms. The number of carbonyl (C=O) groups excluding carboxylic acids is 1. The minimum absolute atomic E-state index is 0.118. The first-order valence-electron chi connectivity index (χ1n) is 5.74. The maximum Gasteiger partial charge on any atom is 0.269 e. The van der Waals surface area contributed by atoms with E-state index >= 15 is 0 Å². The van der Waals surface area contributed by atoms with E-state index < -0.39 is 0 Å². The smallest absolute Gasteiger partial charge is 0.269 e. The van der Waals surface area contributed by atoms with E-state index in [0.717, 1.165) is 0 Å². The fraction of sp³-hybridized carbons (Fsp3) is 0.231. The average molecular weight is 261 g/mol. The van der Waals surface area contributed by atoms with E-state index in [-0.39, 0.29) is 5.91 Å². The number of aromatic nitrogens is 2. The molecule has 2 aromatic rings. The van der Waals surface area contributed by atoms with Crippen molar-refractivity contribution >= 4 is 17.7 Å². The molecule has 2 N–H and O–H groups in total. The minimum Gasteiger partial charge on any atom is -0.350 e. The summed E-state index contributed by atoms with van der Waals surface area (Å²) in [6.45, 7) is 2.71. The molecule has 0 radical (unpaired) electrons. The van der Waals surface area contributed by atoms with Crippen LogP contribution in [0.25, 0.3) is 0 Å². The Morgan fingerprint density at radius 3 is 2.89 bits per heavy atom. The molecule has 1 atom stereocenters. The number of hydrogen-bond donors (Lipinski definition) is 2. The molecular weight excluding hydrogens is 246 g/mol. The van der Waals surface area contributed by atoms with Crippen LogP contribution >= 0.6 is 11.8 Å². The van der Waals surface area contributed by atoms with Crippen LogP contribution in [0.5, 0.6) is 0 Å². The number of nitrogens with zero attached hydrogens (tertiary/aromatic N) is 1. The fourth-order valence-electron chi connectivity index (χ4n) is 1.48. The predicted octanol–water partition coefficient (Wildman–Crippen LogP) is 2.32. The molecule has 4 nitrogen and oxygen atoms in total. The number of thioether (sulfide) groups is 1. The van der Waals surface area contributed by atoms with Gasteiger partial charge in [-0.15, -0.1) is 11.8 Å². The van der Waals surface area contributed by atoms with Gasteiger partial charge in [0.05, 0.1) is 12.5 Å². The van der Waals surface area contributed by atoms with Crippen molar-refractivity contribution in [2.24, 2.45) is 0 Å². The molecule has 0 unspecified atom stereocenters. The summed E-state index contributed by atoms with van der Waals surface area (Å²) in [4.78, 5) is 19.5. The summed E-state index contributed by atoms with van der Waals surface area (Å²) >= 11 is 1.74. The lowest BCUT2D eigenvalue weighted by Gasteiger charge is -2.11. The van der Waals surface area contributed by atoms with Crippen molar-refractivity contribution < 1.29 is 4.79 Å². The minimum atomic E-state index is -0.118. The first kappa shape index (κ1) is 12.7. The highest BCUT2D eigenvalue weighted by molar-refractivity contribution is 8.00. The summed E-state index contributed by atoms with van der Waals surface area (Å²) in [5, 5.41) is 3.19. The first-order chi connectivity index (χ1) is 8.75. The molecule has 0 aliphatic carbocycles. The molecule has 1 aromatic heterocycles. The summed E-state index contributed by atoms with van der Waals surface area (Å²) in [7, 11) is 0. The average Bonchev–Trinajstić information content (AvgIpc) is 2.91. The quantitative estimate of drug-likeness (QED) is 0.812. The Balaban J connectivity index is 1.78. The molecule has 18 heavy (non-hydrogen) atoms. The van der Waals surface area contributed by atoms with Gasteiger partial charge in [-0.2, -0.15) is 0 Å². The van der Waals surface area contributed by atoms with Crippen molar-refractivity contribution in [3.8, 4) is 0 Å². The Morgan fingerprint density at radius 1 is 1.44 bits per heavy atom. The van der Waals surface area contributed by atoms with E-state index in [4.69, 9.17) is 0 Å². The SMILES string of the molecule is C[C@@H](CNC(=O)c1cnc[nH]1)Sc1ccccc1. The van der Waals surface area contributed by atoms with E-state index in [1.165, 1.54) is 17.4 Å². The normalized spacial score (nSPS) is 12.1. The standard InChI is InChI=1S/C13H15N3OS/c1-10(18-11-5-3-2-4-6-11)7-15-13(17)12-8-14-9-16-12/h2-6,8-10H,7H2,1H3,(H,14,16)(H,15,17)/t10-/m0/s1. The maximum atomic E-state index is 11.7. The summed E-state index contributed by atoms with van der Waals surface area (Å²) in [5.41, 5.74) is 0.493. The third-order valence-electron chi connectivity index (χ3n) is 2.37. The van der Waals surface area contributed by atoms with Crippen LogP contribution in [0.4, 0.5) is 0 Å². The van der Waals surface area contributed by atoms with Crippen LogP contribution in [-0.4, -0.2) is 27.7 Å². The van der Waals surface area contributed by atoms with Gasteiger partial charge in [0.1, 0.15) is 5.69 Å². The first-order valence-corrected chi connectivity index (χ1v) is 6.62. The third kappa shape index (κ3) is 3.63. The van der Waals surface area contributed by atoms with Gasteiger partial charge in [-0.3, -0.25) is 4.79 Å². The summed E-state index contributed by atoms with van der Waals surface area (Å²) in [6, 6.07) is 10.2. The topological polar surface area (TPSA) is 57.8 Å². The van der Waals surface area contributed by atoms with Gasteiger partial charge in [0.15, 0.2) is 0 Å². The Morgan fingerprint density at radius 2 is 2.22 bits per heavy atom. The van der Waals surface area contributed by atoms with Gasteiger partial charge in [-0.1, -0.05) is 25.1 Å². The van der Waals surface area contributed by atoms with Crippen LogP contribution in [0.1, 0.15) is 17.4 Å². The Kier molecular flexibility index (Phi) is 4.41. The van der Waals surface area contributed by atoms with Crippen molar-refractivity contribution in [3.05, 3.63) is 48.5 Å². The van der Waals surface area contributed by atoms with Gasteiger partial charge >= 0.3 is 0 Å². The molecule has 0 aliphatic heterocycles. The monoisotopic (exact) mass is 261 g/mol. The molecule has 5 heteroatoms. The molecule has 0 bridgehead atoms. The van der Waals surface area contributed by atoms with E-state index in [9.17, 15) is 4.79 Å². The fourth-order valence-corrected chi connectivity index (χ4v) is 2.43. The van der Waals surface area contributed by atoms with Crippen LogP contribution in [0, 0.1) is 0 Å². The van der Waals surface area contributed by atoms with Crippen molar-refractivity contribution in [3.63, 3.8) is 0 Å². The van der Waals surface area contributed by atoms with Crippen LogP contribution in [0.3, 0.4) is 0 Å². The van der Waals surface area contributed by atoms with Crippen molar-refractivity contribution in [1.82, 2.24) is 15.3 Å². The molecule has 94 valence electrons. The van der Waals surface area contributed by atoms with Gasteiger partial charge in [-0.25, -0.2) is 4.98 Å². The summed E-state index contributed by atoms with van der Waals surface area (Å²) in [5.74, 6) is -0.118. The Bertz CT molecular complexity index is 484. The van der Waals surface area contributed by atoms with Gasteiger partial charge < -0.3 is 10.3 Å². The second-order valence-electron chi connectivity index (χ2n) is 3.92. The zero-order valence-corrected chi connectivity index (χ0v) is 10.9. The molecule has 0 aliphatic rings. The number of H-pyrrole nitrogens is 1. The molecule has 0 saturated heterocycles. The lowest BCUT2D eigenvalue weighted by Crippen LogP contribution is -2.29. The van der Waals surface area contributed by atoms with E-state index in [2.05, 4.69) is 34.3 Å². The molecular formula is C13H15N3OS. The highest BCUT2D eigenvalue weighted by atomic mass is 32.2. The van der Waals surface area contributed by atoms with Crippen LogP contribution in [0.2, 0.25) is 0 Å². The zero-order valence-electron chi connectivity index (χ0n) is 10.1. The van der Waals surface area contributed by atoms with Crippen molar-refractivity contribution in [2.75, 3.05) is 6.54 Å². The summed E-state index contributed by atoms with van der Waals surface area (Å²) in [6.07, 6.45) is 3.02. The number of aromatic amines is 1. The number of imidazole rings is 1. The van der Waals surface area contributed by atoms with Crippen molar-refractivity contribution in [2.45, 2.75) is 17.1 Å². The second kappa shape index (κ2) is 6.26. The highest BCUT2D eigenvalue weighted by Crippen LogP contribution is 2.21. The van der Waals surface area contributed by atoms with Gasteiger partial charge in [-0.05, 0) is 12.1 Å². The molecule has 1 aromatic carbocycles. The number of rotatable bonds is 5. The summed E-state index contributed by atoms with van der Waals surface area (Å²) < 4.78 is 0. The number of nitrogens with one attached hydrogen (secondary N) is 2. The lowest BCUT2D eigenvalue weighted by atomic mass is 10.4. The molecule has 0 saturated carbocycles. The van der Waals surface area contributed by atoms with Crippen LogP contribution in [-0.2, 0) is 0 Å². The van der Waals surface area contributed by atoms with Gasteiger partial charge in [0.25, 0.3) is 5.91 Å². The molecule has 1 heterocycles. The zero-order chi connectivity index (χ0) is 12.8. The second-order valence-corrected chi connectivity index (χ2v) is 5.43.